The molecule has 0 spiro atoms. The summed E-state index contributed by atoms with van der Waals surface area (Å²) in [4.78, 5) is 11.9. The summed E-state index contributed by atoms with van der Waals surface area (Å²) in [6, 6.07) is 3.44. The van der Waals surface area contributed by atoms with Gasteiger partial charge in [-0.05, 0) is 61.1 Å². The lowest BCUT2D eigenvalue weighted by Crippen LogP contribution is -2.52. The summed E-state index contributed by atoms with van der Waals surface area (Å²) in [5, 5.41) is 39.4. The van der Waals surface area contributed by atoms with Crippen LogP contribution in [0.4, 0.5) is 0 Å². The Morgan fingerprint density at radius 2 is 2.04 bits per heavy atom. The zero-order chi connectivity index (χ0) is 17.7. The van der Waals surface area contributed by atoms with Gasteiger partial charge in [-0.1, -0.05) is 19.4 Å². The van der Waals surface area contributed by atoms with Crippen LogP contribution in [-0.4, -0.2) is 33.0 Å². The molecule has 1 saturated carbocycles. The molecule has 4 atom stereocenters. The normalized spacial score (nSPS) is 33.4. The van der Waals surface area contributed by atoms with E-state index < -0.39 is 24.1 Å². The number of aliphatic carboxylic acids is 1. The maximum absolute atomic E-state index is 11.9. The highest BCUT2D eigenvalue weighted by atomic mass is 16.4. The Balaban J connectivity index is 2.16. The van der Waals surface area contributed by atoms with Crippen LogP contribution in [0.2, 0.25) is 0 Å². The van der Waals surface area contributed by atoms with Crippen molar-refractivity contribution in [1.82, 2.24) is 0 Å². The topological polar surface area (TPSA) is 98.0 Å². The summed E-state index contributed by atoms with van der Waals surface area (Å²) in [7, 11) is 0. The first-order chi connectivity index (χ1) is 11.3. The largest absolute Gasteiger partial charge is 0.508 e. The minimum Gasteiger partial charge on any atom is -0.508 e. The van der Waals surface area contributed by atoms with Crippen molar-refractivity contribution < 1.29 is 25.2 Å². The minimum atomic E-state index is -1.12. The molecule has 1 unspecified atom stereocenters. The monoisotopic (exact) mass is 334 g/mol. The van der Waals surface area contributed by atoms with Gasteiger partial charge in [0.25, 0.3) is 0 Å². The summed E-state index contributed by atoms with van der Waals surface area (Å²) in [5.41, 5.74) is 1.25. The van der Waals surface area contributed by atoms with Gasteiger partial charge >= 0.3 is 5.97 Å². The van der Waals surface area contributed by atoms with Gasteiger partial charge in [0.05, 0.1) is 12.0 Å². The summed E-state index contributed by atoms with van der Waals surface area (Å²) in [6.07, 6.45) is 2.62. The number of phenols is 1. The van der Waals surface area contributed by atoms with Gasteiger partial charge in [-0.25, -0.2) is 0 Å². The van der Waals surface area contributed by atoms with E-state index in [-0.39, 0.29) is 17.1 Å². The van der Waals surface area contributed by atoms with E-state index in [1.165, 1.54) is 0 Å². The Morgan fingerprint density at radius 3 is 2.67 bits per heavy atom. The first-order valence-electron chi connectivity index (χ1n) is 8.63. The van der Waals surface area contributed by atoms with Crippen LogP contribution in [0.3, 0.4) is 0 Å². The van der Waals surface area contributed by atoms with Crippen molar-refractivity contribution in [3.63, 3.8) is 0 Å². The number of hydrogen-bond acceptors (Lipinski definition) is 4. The van der Waals surface area contributed by atoms with Gasteiger partial charge in [-0.3, -0.25) is 4.79 Å². The number of aromatic hydroxyl groups is 1. The van der Waals surface area contributed by atoms with Crippen molar-refractivity contribution in [1.29, 1.82) is 0 Å². The van der Waals surface area contributed by atoms with Crippen molar-refractivity contribution in [3.8, 4) is 5.75 Å². The van der Waals surface area contributed by atoms with Crippen molar-refractivity contribution in [3.05, 3.63) is 28.8 Å². The van der Waals surface area contributed by atoms with Gasteiger partial charge in [-0.2, -0.15) is 0 Å². The highest BCUT2D eigenvalue weighted by Crippen LogP contribution is 2.58. The molecule has 0 heterocycles. The number of fused-ring (bicyclic) bond motifs is 3. The Morgan fingerprint density at radius 1 is 1.33 bits per heavy atom. The van der Waals surface area contributed by atoms with Gasteiger partial charge in [-0.15, -0.1) is 0 Å². The highest BCUT2D eigenvalue weighted by Gasteiger charge is 2.55. The fraction of sp³-hybridized carbons (Fsp3) is 0.632. The standard InChI is InChI=1S/C19H26O5/c1-18-8-3-9-19(2,17(23)24)15(18)7-4-11-12(18)5-6-13(21)16(11)14(22)10-20/h5-6,14-15,20-22H,3-4,7-10H2,1-2H3,(H,23,24)/t14?,15-,18-,19+/m1/s1. The second-order valence-corrected chi connectivity index (χ2v) is 7.81. The number of benzene rings is 1. The number of hydrogen-bond donors (Lipinski definition) is 4. The van der Waals surface area contributed by atoms with Crippen LogP contribution in [0.15, 0.2) is 12.1 Å². The molecule has 24 heavy (non-hydrogen) atoms. The lowest BCUT2D eigenvalue weighted by molar-refractivity contribution is -0.157. The van der Waals surface area contributed by atoms with Crippen LogP contribution in [0.25, 0.3) is 0 Å². The van der Waals surface area contributed by atoms with E-state index in [2.05, 4.69) is 6.92 Å². The summed E-state index contributed by atoms with van der Waals surface area (Å²) >= 11 is 0. The molecule has 5 nitrogen and oxygen atoms in total. The SMILES string of the molecule is C[C@]1(C(=O)O)CCC[C@]2(C)c3ccc(O)c(C(O)CO)c3CC[C@@H]12. The molecule has 5 heteroatoms. The molecular weight excluding hydrogens is 308 g/mol. The van der Waals surface area contributed by atoms with E-state index in [9.17, 15) is 25.2 Å². The number of aliphatic hydroxyl groups is 2. The van der Waals surface area contributed by atoms with Gasteiger partial charge < -0.3 is 20.4 Å². The van der Waals surface area contributed by atoms with E-state index >= 15 is 0 Å². The zero-order valence-corrected chi connectivity index (χ0v) is 14.2. The number of carboxylic acid groups (broad SMARTS) is 1. The Kier molecular flexibility index (Phi) is 4.12. The fourth-order valence-corrected chi connectivity index (χ4v) is 5.30. The molecule has 2 aliphatic carbocycles. The molecule has 132 valence electrons. The van der Waals surface area contributed by atoms with Crippen molar-refractivity contribution in [2.24, 2.45) is 11.3 Å². The lowest BCUT2D eigenvalue weighted by atomic mass is 9.49. The molecule has 0 radical (unpaired) electrons. The Bertz CT molecular complexity index is 670. The predicted molar refractivity (Wildman–Crippen MR) is 88.9 cm³/mol. The first-order valence-corrected chi connectivity index (χ1v) is 8.63. The minimum absolute atomic E-state index is 0.00541. The van der Waals surface area contributed by atoms with Crippen molar-refractivity contribution >= 4 is 5.97 Å². The van der Waals surface area contributed by atoms with Crippen LogP contribution >= 0.6 is 0 Å². The molecule has 0 aliphatic heterocycles. The third-order valence-electron chi connectivity index (χ3n) is 6.56. The smallest absolute Gasteiger partial charge is 0.309 e. The molecule has 0 bridgehead atoms. The molecule has 0 aromatic heterocycles. The average Bonchev–Trinajstić information content (AvgIpc) is 2.53. The summed E-state index contributed by atoms with van der Waals surface area (Å²) < 4.78 is 0. The molecule has 0 saturated heterocycles. The summed E-state index contributed by atoms with van der Waals surface area (Å²) in [6.45, 7) is 3.52. The molecular formula is C19H26O5. The average molecular weight is 334 g/mol. The van der Waals surface area contributed by atoms with Crippen LogP contribution in [0, 0.1) is 11.3 Å². The molecule has 1 aromatic rings. The summed E-state index contributed by atoms with van der Waals surface area (Å²) in [5.74, 6) is -0.724. The highest BCUT2D eigenvalue weighted by molar-refractivity contribution is 5.75. The quantitative estimate of drug-likeness (QED) is 0.681. The van der Waals surface area contributed by atoms with Gasteiger partial charge in [0.15, 0.2) is 0 Å². The number of aliphatic hydroxyl groups excluding tert-OH is 2. The fourth-order valence-electron chi connectivity index (χ4n) is 5.30. The number of rotatable bonds is 3. The molecule has 2 aliphatic rings. The number of carbonyl (C=O) groups is 1. The third kappa shape index (κ3) is 2.25. The molecule has 1 aromatic carbocycles. The molecule has 0 amide bonds. The van der Waals surface area contributed by atoms with Crippen LogP contribution in [0.1, 0.15) is 62.3 Å². The number of carboxylic acids is 1. The maximum atomic E-state index is 11.9. The Hall–Kier alpha value is -1.59. The zero-order valence-electron chi connectivity index (χ0n) is 14.2. The van der Waals surface area contributed by atoms with Crippen LogP contribution in [0.5, 0.6) is 5.75 Å². The predicted octanol–water partition coefficient (Wildman–Crippen LogP) is 2.51. The van der Waals surface area contributed by atoms with E-state index in [4.69, 9.17) is 0 Å². The van der Waals surface area contributed by atoms with Gasteiger partial charge in [0.1, 0.15) is 11.9 Å². The van der Waals surface area contributed by atoms with E-state index in [1.807, 2.05) is 13.0 Å². The lowest BCUT2D eigenvalue weighted by Gasteiger charge is -2.54. The van der Waals surface area contributed by atoms with Crippen LogP contribution in [-0.2, 0) is 16.6 Å². The number of phenolic OH excluding ortho intramolecular Hbond substituents is 1. The third-order valence-corrected chi connectivity index (χ3v) is 6.56. The Labute approximate surface area is 142 Å². The van der Waals surface area contributed by atoms with E-state index in [1.54, 1.807) is 6.07 Å². The first kappa shape index (κ1) is 17.2. The molecule has 3 rings (SSSR count). The van der Waals surface area contributed by atoms with Gasteiger partial charge in [0.2, 0.25) is 0 Å². The second-order valence-electron chi connectivity index (χ2n) is 7.81. The van der Waals surface area contributed by atoms with Crippen LogP contribution < -0.4 is 0 Å². The molecule has 1 fully saturated rings. The second kappa shape index (κ2) is 5.74. The van der Waals surface area contributed by atoms with Crippen molar-refractivity contribution in [2.75, 3.05) is 6.61 Å². The van der Waals surface area contributed by atoms with Crippen molar-refractivity contribution in [2.45, 2.75) is 57.5 Å². The van der Waals surface area contributed by atoms with Gasteiger partial charge in [0, 0.05) is 5.56 Å². The van der Waals surface area contributed by atoms with E-state index in [0.29, 0.717) is 24.8 Å². The molecule has 4 N–H and O–H groups in total. The maximum Gasteiger partial charge on any atom is 0.309 e. The van der Waals surface area contributed by atoms with E-state index in [0.717, 1.165) is 24.0 Å².